The van der Waals surface area contributed by atoms with Gasteiger partial charge in [-0.1, -0.05) is 36.2 Å². The number of carbonyl (C=O) groups excluding carboxylic acids is 1. The molecule has 0 aliphatic carbocycles. The molecule has 6 N–H and O–H groups in total. The molecule has 2 aliphatic rings. The summed E-state index contributed by atoms with van der Waals surface area (Å²) in [4.78, 5) is 29.1. The van der Waals surface area contributed by atoms with Crippen molar-refractivity contribution in [2.24, 2.45) is 10.7 Å². The number of carbonyl (C=O) groups is 1. The number of imidazole rings is 1. The third-order valence-electron chi connectivity index (χ3n) is 6.66. The average Bonchev–Trinajstić information content (AvgIpc) is 3.60. The summed E-state index contributed by atoms with van der Waals surface area (Å²) in [6.45, 7) is 3.41. The number of nitrogens with two attached hydrogens (primary N) is 1. The Kier molecular flexibility index (Phi) is 11.0. The van der Waals surface area contributed by atoms with Crippen LogP contribution in [0.25, 0.3) is 22.4 Å². The minimum atomic E-state index is -0.0621. The molecule has 12 heteroatoms. The molecule has 1 amide bonds. The standard InChI is InChI=1S/C16H16N6O2.C8H6ClNO.C6H13N/c17-9-20-15(18)12-7-11-13(8-19-12)22-16(21-11)10-3-1-2-4-14(10)24-6-5-23;9-6-2-1-5-4-10-8(11)7(5)3-6;1-7-5-3-2-4-6-7/h1-4,7-9,23H,5-6H2,(H,21,22)(H3,17,18,20);1-3H,4H2,(H,10,11);2-6H2,1H3. The average molecular weight is 591 g/mol. The number of H-pyrrole nitrogens is 1. The van der Waals surface area contributed by atoms with Crippen molar-refractivity contribution in [1.82, 2.24) is 25.2 Å². The maximum absolute atomic E-state index is 11.0. The summed E-state index contributed by atoms with van der Waals surface area (Å²) in [7, 11) is 2.19. The number of aromatic nitrogens is 3. The predicted octanol–water partition coefficient (Wildman–Crippen LogP) is 3.99. The van der Waals surface area contributed by atoms with Crippen molar-refractivity contribution in [1.29, 1.82) is 5.41 Å². The number of aliphatic hydroxyl groups excluding tert-OH is 1. The number of amidine groups is 1. The van der Waals surface area contributed by atoms with Gasteiger partial charge in [0.05, 0.1) is 29.4 Å². The minimum absolute atomic E-state index is 0.0255. The number of aromatic amines is 1. The van der Waals surface area contributed by atoms with Crippen molar-refractivity contribution in [3.63, 3.8) is 0 Å². The monoisotopic (exact) mass is 590 g/mol. The van der Waals surface area contributed by atoms with Crippen LogP contribution in [0.2, 0.25) is 5.02 Å². The number of amides is 1. The fourth-order valence-corrected chi connectivity index (χ4v) is 4.67. The van der Waals surface area contributed by atoms with E-state index in [4.69, 9.17) is 32.6 Å². The summed E-state index contributed by atoms with van der Waals surface area (Å²) < 4.78 is 5.54. The number of likely N-dealkylation sites (tertiary alicyclic amines) is 1. The molecule has 1 saturated heterocycles. The van der Waals surface area contributed by atoms with Crippen LogP contribution >= 0.6 is 11.6 Å². The fraction of sp³-hybridized carbons (Fsp3) is 0.300. The second kappa shape index (κ2) is 15.1. The molecule has 0 atom stereocenters. The number of ether oxygens (including phenoxy) is 1. The molecular formula is C30H35ClN8O3. The van der Waals surface area contributed by atoms with Crippen molar-refractivity contribution >= 4 is 40.7 Å². The van der Waals surface area contributed by atoms with Gasteiger partial charge in [-0.05, 0) is 68.9 Å². The molecular weight excluding hydrogens is 556 g/mol. The van der Waals surface area contributed by atoms with E-state index in [0.29, 0.717) is 39.9 Å². The van der Waals surface area contributed by atoms with Crippen molar-refractivity contribution in [3.8, 4) is 17.1 Å². The van der Waals surface area contributed by atoms with Crippen LogP contribution in [0.1, 0.15) is 40.9 Å². The van der Waals surface area contributed by atoms with E-state index in [1.165, 1.54) is 32.4 Å². The summed E-state index contributed by atoms with van der Waals surface area (Å²) in [6, 6.07) is 14.5. The lowest BCUT2D eigenvalue weighted by Crippen LogP contribution is -2.24. The first kappa shape index (κ1) is 30.6. The molecule has 2 aromatic heterocycles. The second-order valence-electron chi connectivity index (χ2n) is 9.73. The maximum Gasteiger partial charge on any atom is 0.251 e. The first-order valence-corrected chi connectivity index (χ1v) is 14.0. The number of rotatable bonds is 6. The number of para-hydroxylation sites is 1. The van der Waals surface area contributed by atoms with Crippen LogP contribution in [0.5, 0.6) is 5.75 Å². The lowest BCUT2D eigenvalue weighted by Gasteiger charge is -2.20. The van der Waals surface area contributed by atoms with Crippen LogP contribution in [0, 0.1) is 5.41 Å². The Bertz CT molecular complexity index is 1550. The molecule has 42 heavy (non-hydrogen) atoms. The zero-order valence-corrected chi connectivity index (χ0v) is 24.2. The lowest BCUT2D eigenvalue weighted by atomic mass is 10.1. The van der Waals surface area contributed by atoms with Gasteiger partial charge < -0.3 is 30.8 Å². The van der Waals surface area contributed by atoms with E-state index in [1.54, 1.807) is 24.4 Å². The molecule has 6 rings (SSSR count). The van der Waals surface area contributed by atoms with Crippen molar-refractivity contribution in [3.05, 3.63) is 76.6 Å². The molecule has 220 valence electrons. The Labute approximate surface area is 249 Å². The first-order valence-electron chi connectivity index (χ1n) is 13.7. The molecule has 0 bridgehead atoms. The summed E-state index contributed by atoms with van der Waals surface area (Å²) in [5.74, 6) is 1.38. The molecule has 2 aliphatic heterocycles. The van der Waals surface area contributed by atoms with Gasteiger partial charge in [-0.2, -0.15) is 0 Å². The highest BCUT2D eigenvalue weighted by atomic mass is 35.5. The van der Waals surface area contributed by atoms with Crippen molar-refractivity contribution in [2.75, 3.05) is 33.4 Å². The van der Waals surface area contributed by atoms with Gasteiger partial charge >= 0.3 is 0 Å². The van der Waals surface area contributed by atoms with E-state index < -0.39 is 0 Å². The second-order valence-corrected chi connectivity index (χ2v) is 10.2. The summed E-state index contributed by atoms with van der Waals surface area (Å²) >= 11 is 5.71. The lowest BCUT2D eigenvalue weighted by molar-refractivity contribution is 0.0965. The zero-order chi connectivity index (χ0) is 29.9. The number of halogens is 1. The smallest absolute Gasteiger partial charge is 0.251 e. The number of piperidine rings is 1. The highest BCUT2D eigenvalue weighted by molar-refractivity contribution is 6.31. The van der Waals surface area contributed by atoms with Crippen LogP contribution < -0.4 is 15.8 Å². The van der Waals surface area contributed by atoms with Gasteiger partial charge in [-0.15, -0.1) is 0 Å². The van der Waals surface area contributed by atoms with Crippen LogP contribution in [0.3, 0.4) is 0 Å². The Morgan fingerprint density at radius 1 is 1.19 bits per heavy atom. The number of hydrogen-bond donors (Lipinski definition) is 5. The molecule has 11 nitrogen and oxygen atoms in total. The fourth-order valence-electron chi connectivity index (χ4n) is 4.49. The number of benzene rings is 2. The van der Waals surface area contributed by atoms with Gasteiger partial charge in [-0.3, -0.25) is 15.2 Å². The largest absolute Gasteiger partial charge is 0.490 e. The Hall–Kier alpha value is -4.32. The van der Waals surface area contributed by atoms with Gasteiger partial charge in [0.2, 0.25) is 0 Å². The number of aliphatic imine (C=N–C) groups is 1. The highest BCUT2D eigenvalue weighted by Crippen LogP contribution is 2.29. The van der Waals surface area contributed by atoms with E-state index in [2.05, 4.69) is 37.2 Å². The molecule has 0 unspecified atom stereocenters. The number of hydrogen-bond acceptors (Lipinski definition) is 7. The third kappa shape index (κ3) is 8.12. The van der Waals surface area contributed by atoms with Gasteiger partial charge in [0, 0.05) is 17.1 Å². The van der Waals surface area contributed by atoms with Gasteiger partial charge in [0.15, 0.2) is 5.84 Å². The third-order valence-corrected chi connectivity index (χ3v) is 6.90. The summed E-state index contributed by atoms with van der Waals surface area (Å²) in [5.41, 5.74) is 10.1. The van der Waals surface area contributed by atoms with Crippen LogP contribution in [-0.4, -0.2) is 76.4 Å². The number of pyridine rings is 1. The van der Waals surface area contributed by atoms with Gasteiger partial charge in [0.25, 0.3) is 5.91 Å². The highest BCUT2D eigenvalue weighted by Gasteiger charge is 2.18. The maximum atomic E-state index is 11.0. The first-order chi connectivity index (χ1) is 20.4. The topological polar surface area (TPSA) is 166 Å². The number of nitrogens with zero attached hydrogens (tertiary/aromatic N) is 4. The number of aliphatic hydroxyl groups is 1. The van der Waals surface area contributed by atoms with Crippen LogP contribution in [0.4, 0.5) is 0 Å². The van der Waals surface area contributed by atoms with E-state index in [1.807, 2.05) is 30.3 Å². The van der Waals surface area contributed by atoms with E-state index in [9.17, 15) is 4.79 Å². The van der Waals surface area contributed by atoms with Crippen LogP contribution in [0.15, 0.2) is 59.7 Å². The Balaban J connectivity index is 0.000000183. The number of fused-ring (bicyclic) bond motifs is 2. The van der Waals surface area contributed by atoms with Crippen molar-refractivity contribution in [2.45, 2.75) is 25.8 Å². The molecule has 4 aromatic rings. The Morgan fingerprint density at radius 2 is 1.98 bits per heavy atom. The van der Waals surface area contributed by atoms with Gasteiger partial charge in [-0.25, -0.2) is 9.98 Å². The van der Waals surface area contributed by atoms with Crippen molar-refractivity contribution < 1.29 is 14.6 Å². The zero-order valence-electron chi connectivity index (χ0n) is 23.4. The van der Waals surface area contributed by atoms with Crippen LogP contribution in [-0.2, 0) is 6.54 Å². The molecule has 0 radical (unpaired) electrons. The van der Waals surface area contributed by atoms with E-state index >= 15 is 0 Å². The summed E-state index contributed by atoms with van der Waals surface area (Å²) in [6.07, 6.45) is 6.76. The Morgan fingerprint density at radius 3 is 2.69 bits per heavy atom. The van der Waals surface area contributed by atoms with Gasteiger partial charge in [0.1, 0.15) is 30.2 Å². The quantitative estimate of drug-likeness (QED) is 0.167. The normalized spacial score (nSPS) is 14.6. The minimum Gasteiger partial charge on any atom is -0.490 e. The molecule has 4 heterocycles. The molecule has 0 saturated carbocycles. The SMILES string of the molecule is CN1CCCCC1.N=CN=C(N)c1cc2nc(-c3ccccc3OCCO)[nH]c2cn1.O=C1NCc2ccc(Cl)cc21. The molecule has 2 aromatic carbocycles. The predicted molar refractivity (Wildman–Crippen MR) is 165 cm³/mol. The molecule has 1 fully saturated rings. The van der Waals surface area contributed by atoms with E-state index in [-0.39, 0.29) is 25.0 Å². The number of nitrogens with one attached hydrogen (secondary N) is 3. The molecule has 0 spiro atoms. The van der Waals surface area contributed by atoms with E-state index in [0.717, 1.165) is 23.0 Å². The summed E-state index contributed by atoms with van der Waals surface area (Å²) in [5, 5.41) is 19.2.